The molecule has 0 aliphatic heterocycles. The molecule has 0 aromatic heterocycles. The first-order valence-electron chi connectivity index (χ1n) is 13.5. The normalized spacial score (nSPS) is 30.1. The molecule has 3 aliphatic carbocycles. The van der Waals surface area contributed by atoms with Crippen molar-refractivity contribution in [3.8, 4) is 5.75 Å². The summed E-state index contributed by atoms with van der Waals surface area (Å²) in [5, 5.41) is 9.79. The van der Waals surface area contributed by atoms with E-state index < -0.39 is 29.2 Å². The summed E-state index contributed by atoms with van der Waals surface area (Å²) in [6.07, 6.45) is 7.88. The van der Waals surface area contributed by atoms with Crippen LogP contribution in [0.5, 0.6) is 5.75 Å². The number of benzene rings is 1. The average molecular weight is 511 g/mol. The molecule has 2 saturated carbocycles. The highest BCUT2D eigenvalue weighted by molar-refractivity contribution is 5.33. The van der Waals surface area contributed by atoms with Gasteiger partial charge in [-0.15, -0.1) is 0 Å². The van der Waals surface area contributed by atoms with Crippen molar-refractivity contribution < 1.29 is 32.1 Å². The first kappa shape index (κ1) is 27.0. The number of halogens is 4. The largest absolute Gasteiger partial charge is 0.491 e. The number of rotatable bonds is 8. The van der Waals surface area contributed by atoms with E-state index >= 15 is 0 Å². The lowest BCUT2D eigenvalue weighted by molar-refractivity contribution is 0.0769. The first-order valence-corrected chi connectivity index (χ1v) is 13.5. The fraction of sp³-hybridized carbons (Fsp3) is 0.655. The van der Waals surface area contributed by atoms with Gasteiger partial charge < -0.3 is 14.6 Å². The number of allylic oxidation sites excluding steroid dienone is 3. The Morgan fingerprint density at radius 1 is 0.917 bits per heavy atom. The van der Waals surface area contributed by atoms with E-state index in [1.165, 1.54) is 6.07 Å². The number of aliphatic hydroxyl groups is 1. The van der Waals surface area contributed by atoms with E-state index in [-0.39, 0.29) is 54.5 Å². The molecule has 7 heteroatoms. The van der Waals surface area contributed by atoms with Gasteiger partial charge in [-0.3, -0.25) is 0 Å². The molecular weight excluding hydrogens is 472 g/mol. The van der Waals surface area contributed by atoms with Crippen LogP contribution in [0.2, 0.25) is 0 Å². The number of aliphatic hydroxyl groups excluding tert-OH is 1. The Bertz CT molecular complexity index is 958. The summed E-state index contributed by atoms with van der Waals surface area (Å²) in [4.78, 5) is 0. The van der Waals surface area contributed by atoms with Crippen LogP contribution >= 0.6 is 0 Å². The van der Waals surface area contributed by atoms with Gasteiger partial charge in [0.25, 0.3) is 0 Å². The predicted octanol–water partition coefficient (Wildman–Crippen LogP) is 7.90. The van der Waals surface area contributed by atoms with E-state index in [9.17, 15) is 22.7 Å². The van der Waals surface area contributed by atoms with E-state index in [1.807, 2.05) is 0 Å². The fourth-order valence-corrected chi connectivity index (χ4v) is 6.24. The van der Waals surface area contributed by atoms with Gasteiger partial charge >= 0.3 is 0 Å². The van der Waals surface area contributed by atoms with Gasteiger partial charge in [-0.25, -0.2) is 13.2 Å². The van der Waals surface area contributed by atoms with Crippen molar-refractivity contribution in [3.63, 3.8) is 0 Å². The summed E-state index contributed by atoms with van der Waals surface area (Å²) in [7, 11) is 0. The molecule has 4 rings (SSSR count). The van der Waals surface area contributed by atoms with Crippen LogP contribution in [-0.2, 0) is 4.74 Å². The van der Waals surface area contributed by atoms with Crippen LogP contribution in [0, 0.1) is 35.3 Å². The minimum absolute atomic E-state index is 0.0110. The van der Waals surface area contributed by atoms with Gasteiger partial charge in [0.15, 0.2) is 23.2 Å². The monoisotopic (exact) mass is 510 g/mol. The van der Waals surface area contributed by atoms with Crippen molar-refractivity contribution in [3.05, 3.63) is 52.8 Å². The first-order chi connectivity index (χ1) is 17.3. The molecule has 0 saturated heterocycles. The molecule has 0 amide bonds. The summed E-state index contributed by atoms with van der Waals surface area (Å²) in [5.41, 5.74) is 0.370. The Morgan fingerprint density at radius 2 is 1.61 bits per heavy atom. The summed E-state index contributed by atoms with van der Waals surface area (Å²) < 4.78 is 69.5. The van der Waals surface area contributed by atoms with Gasteiger partial charge in [0.05, 0.1) is 19.3 Å². The quantitative estimate of drug-likeness (QED) is 0.361. The molecule has 200 valence electrons. The van der Waals surface area contributed by atoms with Crippen LogP contribution in [-0.4, -0.2) is 24.4 Å². The fourth-order valence-electron chi connectivity index (χ4n) is 6.24. The lowest BCUT2D eigenvalue weighted by Gasteiger charge is -2.35. The Hall–Kier alpha value is -2.02. The summed E-state index contributed by atoms with van der Waals surface area (Å²) >= 11 is 0. The molecule has 3 nitrogen and oxygen atoms in total. The Balaban J connectivity index is 1.27. The topological polar surface area (TPSA) is 38.7 Å². The molecule has 0 radical (unpaired) electrons. The number of hydrogen-bond donors (Lipinski definition) is 1. The second-order valence-corrected chi connectivity index (χ2v) is 10.7. The highest BCUT2D eigenvalue weighted by Crippen LogP contribution is 2.44. The summed E-state index contributed by atoms with van der Waals surface area (Å²) in [6.45, 7) is 4.06. The third-order valence-corrected chi connectivity index (χ3v) is 8.51. The molecule has 1 N–H and O–H groups in total. The SMILES string of the molecule is CCOc1ccc(C2CCC(COC3=CCC(C4CCC(C(C)O)CC4)C(F)=C3F)CC2)c(F)c1F. The van der Waals surface area contributed by atoms with Gasteiger partial charge in [-0.2, -0.15) is 4.39 Å². The van der Waals surface area contributed by atoms with E-state index in [0.29, 0.717) is 24.8 Å². The molecule has 0 heterocycles. The van der Waals surface area contributed by atoms with Gasteiger partial charge in [0.1, 0.15) is 5.83 Å². The van der Waals surface area contributed by atoms with Crippen LogP contribution < -0.4 is 4.74 Å². The predicted molar refractivity (Wildman–Crippen MR) is 131 cm³/mol. The third kappa shape index (κ3) is 5.92. The average Bonchev–Trinajstić information content (AvgIpc) is 2.88. The zero-order valence-electron chi connectivity index (χ0n) is 21.2. The van der Waals surface area contributed by atoms with Crippen LogP contribution in [0.4, 0.5) is 17.6 Å². The Kier molecular flexibility index (Phi) is 9.02. The van der Waals surface area contributed by atoms with Crippen LogP contribution in [0.25, 0.3) is 0 Å². The molecular formula is C29H38F4O3. The van der Waals surface area contributed by atoms with E-state index in [0.717, 1.165) is 38.5 Å². The van der Waals surface area contributed by atoms with Crippen molar-refractivity contribution >= 4 is 0 Å². The van der Waals surface area contributed by atoms with Gasteiger partial charge in [0, 0.05) is 5.92 Å². The zero-order valence-corrected chi connectivity index (χ0v) is 21.2. The highest BCUT2D eigenvalue weighted by Gasteiger charge is 2.36. The number of hydrogen-bond acceptors (Lipinski definition) is 3. The van der Waals surface area contributed by atoms with Gasteiger partial charge in [-0.05, 0) is 113 Å². The van der Waals surface area contributed by atoms with Crippen molar-refractivity contribution in [1.29, 1.82) is 0 Å². The van der Waals surface area contributed by atoms with Gasteiger partial charge in [0.2, 0.25) is 5.82 Å². The van der Waals surface area contributed by atoms with Crippen LogP contribution in [0.1, 0.15) is 83.1 Å². The molecule has 36 heavy (non-hydrogen) atoms. The highest BCUT2D eigenvalue weighted by atomic mass is 19.2. The number of ether oxygens (including phenoxy) is 2. The minimum atomic E-state index is -0.942. The lowest BCUT2D eigenvalue weighted by Crippen LogP contribution is -2.28. The Morgan fingerprint density at radius 3 is 2.25 bits per heavy atom. The maximum absolute atomic E-state index is 14.9. The molecule has 0 bridgehead atoms. The van der Waals surface area contributed by atoms with Crippen LogP contribution in [0.15, 0.2) is 35.6 Å². The van der Waals surface area contributed by atoms with E-state index in [2.05, 4.69) is 0 Å². The minimum Gasteiger partial charge on any atom is -0.491 e. The lowest BCUT2D eigenvalue weighted by atomic mass is 9.72. The van der Waals surface area contributed by atoms with E-state index in [1.54, 1.807) is 26.0 Å². The van der Waals surface area contributed by atoms with Crippen molar-refractivity contribution in [1.82, 2.24) is 0 Å². The molecule has 2 unspecified atom stereocenters. The standard InChI is InChI=1S/C29H38F4O3/c1-3-35-24-14-12-22(26(30)28(24)32)20-6-4-18(5-7-20)16-36-25-15-13-23(27(31)29(25)33)21-10-8-19(9-11-21)17(2)34/h12,14-15,17-21,23,34H,3-11,13,16H2,1-2H3. The second kappa shape index (κ2) is 12.0. The van der Waals surface area contributed by atoms with Crippen molar-refractivity contribution in [2.24, 2.45) is 23.7 Å². The molecule has 1 aromatic carbocycles. The Labute approximate surface area is 211 Å². The maximum Gasteiger partial charge on any atom is 0.200 e. The zero-order chi connectivity index (χ0) is 25.8. The molecule has 0 spiro atoms. The summed E-state index contributed by atoms with van der Waals surface area (Å²) in [6, 6.07) is 3.09. The van der Waals surface area contributed by atoms with Gasteiger partial charge in [-0.1, -0.05) is 6.07 Å². The smallest absolute Gasteiger partial charge is 0.200 e. The molecule has 1 aromatic rings. The molecule has 3 aliphatic rings. The van der Waals surface area contributed by atoms with Crippen molar-refractivity contribution in [2.45, 2.75) is 83.7 Å². The van der Waals surface area contributed by atoms with Crippen molar-refractivity contribution in [2.75, 3.05) is 13.2 Å². The molecule has 2 atom stereocenters. The molecule has 2 fully saturated rings. The maximum atomic E-state index is 14.9. The van der Waals surface area contributed by atoms with E-state index in [4.69, 9.17) is 9.47 Å². The third-order valence-electron chi connectivity index (χ3n) is 8.51. The van der Waals surface area contributed by atoms with Crippen LogP contribution in [0.3, 0.4) is 0 Å². The summed E-state index contributed by atoms with van der Waals surface area (Å²) in [5.74, 6) is -3.50. The second-order valence-electron chi connectivity index (χ2n) is 10.7.